The Morgan fingerprint density at radius 1 is 1.21 bits per heavy atom. The molecule has 10 atom stereocenters. The van der Waals surface area contributed by atoms with E-state index in [0.29, 0.717) is 23.6 Å². The van der Waals surface area contributed by atoms with Crippen molar-refractivity contribution in [3.05, 3.63) is 29.0 Å². The van der Waals surface area contributed by atoms with Gasteiger partial charge in [-0.05, 0) is 45.0 Å². The van der Waals surface area contributed by atoms with Crippen molar-refractivity contribution in [3.63, 3.8) is 0 Å². The third-order valence-electron chi connectivity index (χ3n) is 7.10. The quantitative estimate of drug-likeness (QED) is 0.308. The van der Waals surface area contributed by atoms with Crippen molar-refractivity contribution in [2.24, 2.45) is 5.92 Å². The molecule has 0 radical (unpaired) electrons. The zero-order valence-electron chi connectivity index (χ0n) is 18.9. The lowest BCUT2D eigenvalue weighted by atomic mass is 9.75. The smallest absolute Gasteiger partial charge is 0.226 e. The molecular formula is C22H33ClN4O6. The number of hydrogen-bond acceptors (Lipinski definition) is 9. The van der Waals surface area contributed by atoms with Gasteiger partial charge in [-0.3, -0.25) is 9.78 Å². The fourth-order valence-corrected chi connectivity index (χ4v) is 5.64. The van der Waals surface area contributed by atoms with Gasteiger partial charge < -0.3 is 40.7 Å². The third kappa shape index (κ3) is 4.63. The summed E-state index contributed by atoms with van der Waals surface area (Å²) >= 11 is 5.99. The molecule has 2 aliphatic carbocycles. The largest absolute Gasteiger partial charge is 0.390 e. The Bertz CT molecular complexity index is 864. The number of carbonyl (C=O) groups is 1. The van der Waals surface area contributed by atoms with Crippen LogP contribution >= 0.6 is 11.6 Å². The molecule has 0 spiro atoms. The van der Waals surface area contributed by atoms with Crippen LogP contribution in [-0.2, 0) is 20.7 Å². The van der Waals surface area contributed by atoms with Crippen LogP contribution in [0.2, 0.25) is 5.02 Å². The summed E-state index contributed by atoms with van der Waals surface area (Å²) in [6.07, 6.45) is -1.84. The molecule has 184 valence electrons. The lowest BCUT2D eigenvalue weighted by Crippen LogP contribution is -2.78. The second-order valence-corrected chi connectivity index (χ2v) is 9.81. The Kier molecular flexibility index (Phi) is 7.28. The van der Waals surface area contributed by atoms with Crippen molar-refractivity contribution in [2.45, 2.75) is 80.6 Å². The van der Waals surface area contributed by atoms with E-state index in [0.717, 1.165) is 0 Å². The number of pyridine rings is 1. The average molecular weight is 485 g/mol. The van der Waals surface area contributed by atoms with Crippen molar-refractivity contribution in [2.75, 3.05) is 14.1 Å². The SMILES string of the molecule is CN[C@@H]1[C@H](O)[C@H](NC)[C@H]2O[C@@]3(O)[C@H](NC(=O)Cc4cc(Cl)ccn4)C[C@@H](C)C[C@H]3O[C@@H]2[C@H]1O. The van der Waals surface area contributed by atoms with Crippen LogP contribution in [0.3, 0.4) is 0 Å². The van der Waals surface area contributed by atoms with Crippen LogP contribution in [-0.4, -0.2) is 94.7 Å². The molecule has 1 amide bonds. The minimum atomic E-state index is -1.81. The zero-order valence-corrected chi connectivity index (χ0v) is 19.7. The number of nitrogens with zero attached hydrogens (tertiary/aromatic N) is 1. The number of nitrogens with one attached hydrogen (secondary N) is 3. The number of aliphatic hydroxyl groups excluding tert-OH is 2. The molecule has 0 unspecified atom stereocenters. The van der Waals surface area contributed by atoms with Crippen molar-refractivity contribution >= 4 is 17.5 Å². The molecule has 2 saturated carbocycles. The van der Waals surface area contributed by atoms with E-state index in [4.69, 9.17) is 21.1 Å². The Morgan fingerprint density at radius 2 is 1.94 bits per heavy atom. The van der Waals surface area contributed by atoms with Gasteiger partial charge in [-0.2, -0.15) is 0 Å². The number of carbonyl (C=O) groups excluding carboxylic acids is 1. The van der Waals surface area contributed by atoms with Gasteiger partial charge in [0.25, 0.3) is 0 Å². The fourth-order valence-electron chi connectivity index (χ4n) is 5.46. The third-order valence-corrected chi connectivity index (χ3v) is 7.34. The van der Waals surface area contributed by atoms with Crippen molar-refractivity contribution in [3.8, 4) is 0 Å². The lowest BCUT2D eigenvalue weighted by Gasteiger charge is -2.58. The monoisotopic (exact) mass is 484 g/mol. The number of likely N-dealkylation sites (N-methyl/N-ethyl adjacent to an activating group) is 2. The molecule has 3 fully saturated rings. The minimum absolute atomic E-state index is 0.000480. The number of halogens is 1. The lowest BCUT2D eigenvalue weighted by molar-refractivity contribution is -0.392. The molecule has 33 heavy (non-hydrogen) atoms. The first-order chi connectivity index (χ1) is 15.7. The molecule has 1 aliphatic heterocycles. The maximum absolute atomic E-state index is 12.8. The Morgan fingerprint density at radius 3 is 2.61 bits per heavy atom. The molecule has 1 aromatic heterocycles. The van der Waals surface area contributed by atoms with Crippen molar-refractivity contribution in [1.29, 1.82) is 0 Å². The molecule has 0 aromatic carbocycles. The summed E-state index contributed by atoms with van der Waals surface area (Å²) in [4.78, 5) is 17.0. The summed E-state index contributed by atoms with van der Waals surface area (Å²) in [5, 5.41) is 42.6. The molecule has 1 aromatic rings. The van der Waals surface area contributed by atoms with Crippen molar-refractivity contribution < 1.29 is 29.6 Å². The Labute approximate surface area is 198 Å². The van der Waals surface area contributed by atoms with Crippen LogP contribution in [0.4, 0.5) is 0 Å². The predicted molar refractivity (Wildman–Crippen MR) is 119 cm³/mol. The summed E-state index contributed by atoms with van der Waals surface area (Å²) in [5.41, 5.74) is 0.514. The highest BCUT2D eigenvalue weighted by molar-refractivity contribution is 6.30. The summed E-state index contributed by atoms with van der Waals surface area (Å²) < 4.78 is 12.5. The van der Waals surface area contributed by atoms with E-state index < -0.39 is 54.4 Å². The maximum atomic E-state index is 12.8. The second kappa shape index (κ2) is 9.71. The van der Waals surface area contributed by atoms with Gasteiger partial charge in [0.2, 0.25) is 11.7 Å². The first-order valence-electron chi connectivity index (χ1n) is 11.3. The van der Waals surface area contributed by atoms with E-state index in [2.05, 4.69) is 20.9 Å². The molecular weight excluding hydrogens is 452 g/mol. The molecule has 4 rings (SSSR count). The predicted octanol–water partition coefficient (Wildman–Crippen LogP) is -1.06. The van der Waals surface area contributed by atoms with Crippen molar-refractivity contribution in [1.82, 2.24) is 20.9 Å². The minimum Gasteiger partial charge on any atom is -0.390 e. The number of rotatable bonds is 5. The average Bonchev–Trinajstić information content (AvgIpc) is 2.74. The van der Waals surface area contributed by atoms with Crippen LogP contribution in [0.15, 0.2) is 18.3 Å². The first-order valence-corrected chi connectivity index (χ1v) is 11.7. The molecule has 10 nitrogen and oxygen atoms in total. The normalized spacial score (nSPS) is 42.8. The highest BCUT2D eigenvalue weighted by atomic mass is 35.5. The van der Waals surface area contributed by atoms with E-state index in [1.807, 2.05) is 6.92 Å². The molecule has 2 heterocycles. The number of aromatic nitrogens is 1. The van der Waals surface area contributed by atoms with Gasteiger partial charge >= 0.3 is 0 Å². The van der Waals surface area contributed by atoms with Crippen LogP contribution in [0.25, 0.3) is 0 Å². The number of amides is 1. The van der Waals surface area contributed by atoms with E-state index in [1.54, 1.807) is 26.2 Å². The van der Waals surface area contributed by atoms with E-state index in [9.17, 15) is 20.1 Å². The summed E-state index contributed by atoms with van der Waals surface area (Å²) in [6, 6.07) is 1.28. The first kappa shape index (κ1) is 24.7. The zero-order chi connectivity index (χ0) is 23.9. The molecule has 11 heteroatoms. The van der Waals surface area contributed by atoms with Crippen LogP contribution in [0.5, 0.6) is 0 Å². The van der Waals surface area contributed by atoms with Gasteiger partial charge in [-0.1, -0.05) is 18.5 Å². The molecule has 0 bridgehead atoms. The standard InChI is InChI=1S/C22H33ClN4O6/c1-10-6-13(27-15(28)9-12-8-11(23)4-5-26-12)22(31)14(7-10)32-21-19(30)16(24-2)18(29)17(25-3)20(21)33-22/h4-5,8,10,13-14,16-21,24-25,29-31H,6-7,9H2,1-3H3,(H,27,28)/t10-,13-,14-,16-,17+,18+,19+,20-,21-,22+/m1/s1. The van der Waals surface area contributed by atoms with Gasteiger partial charge in [0.15, 0.2) is 0 Å². The highest BCUT2D eigenvalue weighted by Crippen LogP contribution is 2.44. The number of ether oxygens (including phenoxy) is 2. The summed E-state index contributed by atoms with van der Waals surface area (Å²) in [7, 11) is 3.34. The number of aliphatic hydroxyl groups is 3. The van der Waals surface area contributed by atoms with Gasteiger partial charge in [-0.25, -0.2) is 0 Å². The van der Waals surface area contributed by atoms with E-state index in [-0.39, 0.29) is 18.2 Å². The molecule has 6 N–H and O–H groups in total. The topological polar surface area (TPSA) is 145 Å². The fraction of sp³-hybridized carbons (Fsp3) is 0.727. The van der Waals surface area contributed by atoms with Crippen LogP contribution in [0, 0.1) is 5.92 Å². The summed E-state index contributed by atoms with van der Waals surface area (Å²) in [6.45, 7) is 2.01. The van der Waals surface area contributed by atoms with Gasteiger partial charge in [0, 0.05) is 11.2 Å². The van der Waals surface area contributed by atoms with Gasteiger partial charge in [0.1, 0.15) is 24.4 Å². The maximum Gasteiger partial charge on any atom is 0.226 e. The summed E-state index contributed by atoms with van der Waals surface area (Å²) in [5.74, 6) is -2.01. The second-order valence-electron chi connectivity index (χ2n) is 9.37. The Balaban J connectivity index is 1.55. The van der Waals surface area contributed by atoms with E-state index >= 15 is 0 Å². The number of hydrogen-bond donors (Lipinski definition) is 6. The number of fused-ring (bicyclic) bond motifs is 2. The van der Waals surface area contributed by atoms with E-state index in [1.165, 1.54) is 6.20 Å². The van der Waals surface area contributed by atoms with Gasteiger partial charge in [0.05, 0.1) is 36.3 Å². The highest BCUT2D eigenvalue weighted by Gasteiger charge is 2.62. The van der Waals surface area contributed by atoms with Crippen LogP contribution < -0.4 is 16.0 Å². The van der Waals surface area contributed by atoms with Crippen LogP contribution in [0.1, 0.15) is 25.5 Å². The Hall–Kier alpha value is -1.37. The molecule has 1 saturated heterocycles. The molecule has 3 aliphatic rings. The van der Waals surface area contributed by atoms with Gasteiger partial charge in [-0.15, -0.1) is 0 Å².